The van der Waals surface area contributed by atoms with E-state index in [1.54, 1.807) is 18.3 Å². The Kier molecular flexibility index (Phi) is 4.65. The van der Waals surface area contributed by atoms with Crippen LogP contribution < -0.4 is 9.62 Å². The number of ether oxygens (including phenoxy) is 1. The highest BCUT2D eigenvalue weighted by Gasteiger charge is 2.25. The zero-order valence-corrected chi connectivity index (χ0v) is 13.7. The van der Waals surface area contributed by atoms with Gasteiger partial charge in [-0.1, -0.05) is 0 Å². The van der Waals surface area contributed by atoms with Gasteiger partial charge in [-0.25, -0.2) is 18.1 Å². The smallest absolute Gasteiger partial charge is 0.240 e. The first-order chi connectivity index (χ1) is 10.5. The van der Waals surface area contributed by atoms with Crippen LogP contribution in [0, 0.1) is 11.8 Å². The van der Waals surface area contributed by atoms with E-state index in [4.69, 9.17) is 4.74 Å². The number of hydrogen-bond acceptors (Lipinski definition) is 5. The van der Waals surface area contributed by atoms with Crippen molar-refractivity contribution in [1.82, 2.24) is 9.71 Å². The standard InChI is InChI=1S/C15H23N3O3S/c1-18(10-13-5-7-21-11-13)15-8-14(4-6-16-15)22(19,20)17-9-12-2-3-12/h4,6,8,12-13,17H,2-3,5,7,9-11H2,1H3. The van der Waals surface area contributed by atoms with E-state index >= 15 is 0 Å². The van der Waals surface area contributed by atoms with Crippen LogP contribution in [0.4, 0.5) is 5.82 Å². The van der Waals surface area contributed by atoms with Crippen LogP contribution in [0.3, 0.4) is 0 Å². The molecule has 22 heavy (non-hydrogen) atoms. The van der Waals surface area contributed by atoms with Crippen LogP contribution in [-0.4, -0.2) is 46.8 Å². The van der Waals surface area contributed by atoms with Crippen molar-refractivity contribution in [2.24, 2.45) is 11.8 Å². The van der Waals surface area contributed by atoms with Crippen molar-refractivity contribution in [3.63, 3.8) is 0 Å². The number of nitrogens with zero attached hydrogens (tertiary/aromatic N) is 2. The molecule has 1 N–H and O–H groups in total. The van der Waals surface area contributed by atoms with E-state index in [9.17, 15) is 8.42 Å². The predicted octanol–water partition coefficient (Wildman–Crippen LogP) is 1.24. The SMILES string of the molecule is CN(CC1CCOC1)c1cc(S(=O)(=O)NCC2CC2)ccn1. The maximum atomic E-state index is 12.3. The van der Waals surface area contributed by atoms with Crippen LogP contribution in [0.5, 0.6) is 0 Å². The minimum absolute atomic E-state index is 0.285. The monoisotopic (exact) mass is 325 g/mol. The van der Waals surface area contributed by atoms with Crippen LogP contribution >= 0.6 is 0 Å². The molecule has 2 heterocycles. The highest BCUT2D eigenvalue weighted by atomic mass is 32.2. The fourth-order valence-corrected chi connectivity index (χ4v) is 3.74. The van der Waals surface area contributed by atoms with Crippen LogP contribution in [0.15, 0.2) is 23.2 Å². The first-order valence-corrected chi connectivity index (χ1v) is 9.27. The molecule has 1 unspecified atom stereocenters. The van der Waals surface area contributed by atoms with Crippen LogP contribution in [-0.2, 0) is 14.8 Å². The summed E-state index contributed by atoms with van der Waals surface area (Å²) in [6.07, 6.45) is 4.85. The Bertz CT molecular complexity index is 610. The number of pyridine rings is 1. The van der Waals surface area contributed by atoms with Gasteiger partial charge < -0.3 is 9.64 Å². The lowest BCUT2D eigenvalue weighted by Gasteiger charge is -2.21. The largest absolute Gasteiger partial charge is 0.381 e. The average molecular weight is 325 g/mol. The molecule has 1 aliphatic carbocycles. The van der Waals surface area contributed by atoms with Gasteiger partial charge in [-0.15, -0.1) is 0 Å². The summed E-state index contributed by atoms with van der Waals surface area (Å²) in [6.45, 7) is 2.94. The van der Waals surface area contributed by atoms with Crippen molar-refractivity contribution in [3.05, 3.63) is 18.3 Å². The molecule has 2 aliphatic rings. The van der Waals surface area contributed by atoms with Gasteiger partial charge in [0.25, 0.3) is 0 Å². The summed E-state index contributed by atoms with van der Waals surface area (Å²) in [4.78, 5) is 6.58. The molecule has 1 aromatic rings. The summed E-state index contributed by atoms with van der Waals surface area (Å²) < 4.78 is 32.7. The van der Waals surface area contributed by atoms with E-state index < -0.39 is 10.0 Å². The molecule has 0 amide bonds. The number of anilines is 1. The molecule has 1 aliphatic heterocycles. The van der Waals surface area contributed by atoms with Crippen molar-refractivity contribution in [2.75, 3.05) is 38.3 Å². The summed E-state index contributed by atoms with van der Waals surface area (Å²) in [7, 11) is -1.50. The fraction of sp³-hybridized carbons (Fsp3) is 0.667. The molecule has 1 saturated heterocycles. The van der Waals surface area contributed by atoms with E-state index in [-0.39, 0.29) is 4.90 Å². The Balaban J connectivity index is 1.67. The second kappa shape index (κ2) is 6.52. The van der Waals surface area contributed by atoms with Gasteiger partial charge in [-0.05, 0) is 31.2 Å². The average Bonchev–Trinajstić information content (AvgIpc) is 3.21. The normalized spacial score (nSPS) is 22.0. The van der Waals surface area contributed by atoms with Gasteiger partial charge in [0.05, 0.1) is 11.5 Å². The van der Waals surface area contributed by atoms with E-state index in [2.05, 4.69) is 9.71 Å². The second-order valence-corrected chi connectivity index (χ2v) is 8.02. The Morgan fingerprint density at radius 2 is 2.18 bits per heavy atom. The Hall–Kier alpha value is -1.18. The molecule has 7 heteroatoms. The molecule has 0 aromatic carbocycles. The van der Waals surface area contributed by atoms with Gasteiger partial charge in [0.15, 0.2) is 0 Å². The molecule has 122 valence electrons. The molecule has 3 rings (SSSR count). The Labute approximate surface area is 131 Å². The quantitative estimate of drug-likeness (QED) is 0.817. The molecule has 1 aromatic heterocycles. The number of rotatable bonds is 7. The van der Waals surface area contributed by atoms with E-state index in [1.807, 2.05) is 11.9 Å². The maximum Gasteiger partial charge on any atom is 0.240 e. The van der Waals surface area contributed by atoms with Gasteiger partial charge in [0.2, 0.25) is 10.0 Å². The van der Waals surface area contributed by atoms with Crippen LogP contribution in [0.1, 0.15) is 19.3 Å². The van der Waals surface area contributed by atoms with Crippen molar-refractivity contribution in [3.8, 4) is 0 Å². The lowest BCUT2D eigenvalue weighted by molar-refractivity contribution is 0.186. The number of sulfonamides is 1. The summed E-state index contributed by atoms with van der Waals surface area (Å²) in [5, 5.41) is 0. The summed E-state index contributed by atoms with van der Waals surface area (Å²) >= 11 is 0. The van der Waals surface area contributed by atoms with E-state index in [0.717, 1.165) is 39.0 Å². The van der Waals surface area contributed by atoms with Gasteiger partial charge >= 0.3 is 0 Å². The third-order valence-corrected chi connectivity index (χ3v) is 5.65. The topological polar surface area (TPSA) is 71.5 Å². The van der Waals surface area contributed by atoms with Crippen molar-refractivity contribution in [1.29, 1.82) is 0 Å². The minimum atomic E-state index is -3.44. The highest BCUT2D eigenvalue weighted by molar-refractivity contribution is 7.89. The third-order valence-electron chi connectivity index (χ3n) is 4.23. The first-order valence-electron chi connectivity index (χ1n) is 7.79. The summed E-state index contributed by atoms with van der Waals surface area (Å²) in [5.74, 6) is 1.68. The summed E-state index contributed by atoms with van der Waals surface area (Å²) in [6, 6.07) is 3.19. The van der Waals surface area contributed by atoms with Gasteiger partial charge in [-0.3, -0.25) is 0 Å². The molecular weight excluding hydrogens is 302 g/mol. The Morgan fingerprint density at radius 3 is 2.86 bits per heavy atom. The number of hydrogen-bond donors (Lipinski definition) is 1. The molecule has 6 nitrogen and oxygen atoms in total. The van der Waals surface area contributed by atoms with Crippen LogP contribution in [0.2, 0.25) is 0 Å². The zero-order valence-electron chi connectivity index (χ0n) is 12.9. The molecular formula is C15H23N3O3S. The zero-order chi connectivity index (χ0) is 15.6. The second-order valence-electron chi connectivity index (χ2n) is 6.26. The molecule has 0 bridgehead atoms. The van der Waals surface area contributed by atoms with Gasteiger partial charge in [0.1, 0.15) is 5.82 Å². The Morgan fingerprint density at radius 1 is 1.36 bits per heavy atom. The van der Waals surface area contributed by atoms with E-state index in [1.165, 1.54) is 0 Å². The van der Waals surface area contributed by atoms with Gasteiger partial charge in [0, 0.05) is 44.9 Å². The lowest BCUT2D eigenvalue weighted by Crippen LogP contribution is -2.28. The lowest BCUT2D eigenvalue weighted by atomic mass is 10.1. The minimum Gasteiger partial charge on any atom is -0.381 e. The third kappa shape index (κ3) is 3.97. The molecule has 0 spiro atoms. The van der Waals surface area contributed by atoms with Crippen LogP contribution in [0.25, 0.3) is 0 Å². The van der Waals surface area contributed by atoms with Crippen molar-refractivity contribution < 1.29 is 13.2 Å². The fourth-order valence-electron chi connectivity index (χ4n) is 2.62. The first kappa shape index (κ1) is 15.7. The van der Waals surface area contributed by atoms with Crippen molar-refractivity contribution >= 4 is 15.8 Å². The molecule has 2 fully saturated rings. The molecule has 1 atom stereocenters. The van der Waals surface area contributed by atoms with Gasteiger partial charge in [-0.2, -0.15) is 0 Å². The van der Waals surface area contributed by atoms with Crippen molar-refractivity contribution in [2.45, 2.75) is 24.2 Å². The highest BCUT2D eigenvalue weighted by Crippen LogP contribution is 2.28. The number of aromatic nitrogens is 1. The maximum absolute atomic E-state index is 12.3. The number of nitrogens with one attached hydrogen (secondary N) is 1. The molecule has 0 radical (unpaired) electrons. The molecule has 1 saturated carbocycles. The summed E-state index contributed by atoms with van der Waals surface area (Å²) in [5.41, 5.74) is 0. The predicted molar refractivity (Wildman–Crippen MR) is 84.3 cm³/mol. The van der Waals surface area contributed by atoms with E-state index in [0.29, 0.717) is 24.2 Å².